The van der Waals surface area contributed by atoms with Gasteiger partial charge in [-0.2, -0.15) is 0 Å². The molecule has 1 aromatic carbocycles. The Morgan fingerprint density at radius 2 is 1.92 bits per heavy atom. The summed E-state index contributed by atoms with van der Waals surface area (Å²) < 4.78 is 2.44. The summed E-state index contributed by atoms with van der Waals surface area (Å²) in [6, 6.07) is 4.13. The number of thiazole rings is 2. The van der Waals surface area contributed by atoms with Crippen LogP contribution in [0.1, 0.15) is 0 Å². The Labute approximate surface area is 76.5 Å². The van der Waals surface area contributed by atoms with Crippen LogP contribution in [-0.2, 0) is 0 Å². The maximum atomic E-state index is 4.31. The van der Waals surface area contributed by atoms with Crippen molar-refractivity contribution in [2.75, 3.05) is 0 Å². The van der Waals surface area contributed by atoms with E-state index in [-0.39, 0.29) is 0 Å². The van der Waals surface area contributed by atoms with E-state index >= 15 is 0 Å². The summed E-state index contributed by atoms with van der Waals surface area (Å²) in [5.41, 5.74) is 5.89. The highest BCUT2D eigenvalue weighted by atomic mass is 32.1. The zero-order valence-electron chi connectivity index (χ0n) is 6.02. The van der Waals surface area contributed by atoms with Crippen molar-refractivity contribution in [2.45, 2.75) is 0 Å². The number of hydrogen-bond acceptors (Lipinski definition) is 4. The lowest BCUT2D eigenvalue weighted by molar-refractivity contribution is 1.49. The van der Waals surface area contributed by atoms with Crippen molar-refractivity contribution in [3.05, 3.63) is 23.2 Å². The second kappa shape index (κ2) is 2.24. The number of benzene rings is 1. The fourth-order valence-electron chi connectivity index (χ4n) is 1.25. The predicted molar refractivity (Wildman–Crippen MR) is 52.8 cm³/mol. The van der Waals surface area contributed by atoms with Crippen LogP contribution in [0.2, 0.25) is 0 Å². The van der Waals surface area contributed by atoms with Crippen molar-refractivity contribution in [3.8, 4) is 0 Å². The lowest BCUT2D eigenvalue weighted by Crippen LogP contribution is -1.68. The molecule has 0 aliphatic heterocycles. The highest BCUT2D eigenvalue weighted by Gasteiger charge is 2.03. The highest BCUT2D eigenvalue weighted by Crippen LogP contribution is 2.28. The molecule has 58 valence electrons. The lowest BCUT2D eigenvalue weighted by Gasteiger charge is -1.87. The Balaban J connectivity index is 2.71. The second-order valence-corrected chi connectivity index (χ2v) is 4.21. The summed E-state index contributed by atoms with van der Waals surface area (Å²) in [7, 11) is 0. The topological polar surface area (TPSA) is 25.8 Å². The van der Waals surface area contributed by atoms with Gasteiger partial charge in [0.1, 0.15) is 5.52 Å². The van der Waals surface area contributed by atoms with E-state index in [0.29, 0.717) is 0 Å². The molecule has 12 heavy (non-hydrogen) atoms. The Kier molecular flexibility index (Phi) is 1.22. The standard InChI is InChI=1S/C8H4N2S2/c1-2-6-7(10-4-11-6)8-5(1)9-3-12-8/h1-4H. The molecule has 0 N–H and O–H groups in total. The molecule has 2 nitrogen and oxygen atoms in total. The van der Waals surface area contributed by atoms with E-state index in [1.165, 1.54) is 9.40 Å². The average molecular weight is 192 g/mol. The monoisotopic (exact) mass is 192 g/mol. The fourth-order valence-corrected chi connectivity index (χ4v) is 2.79. The van der Waals surface area contributed by atoms with Crippen molar-refractivity contribution in [2.24, 2.45) is 0 Å². The average Bonchev–Trinajstić information content (AvgIpc) is 2.71. The van der Waals surface area contributed by atoms with Gasteiger partial charge in [-0.25, -0.2) is 9.97 Å². The van der Waals surface area contributed by atoms with Gasteiger partial charge in [-0.1, -0.05) is 0 Å². The minimum absolute atomic E-state index is 1.05. The molecule has 2 heterocycles. The summed E-state index contributed by atoms with van der Waals surface area (Å²) in [5.74, 6) is 0. The first-order valence-corrected chi connectivity index (χ1v) is 5.26. The van der Waals surface area contributed by atoms with Crippen LogP contribution in [0.25, 0.3) is 20.4 Å². The minimum atomic E-state index is 1.05. The van der Waals surface area contributed by atoms with Gasteiger partial charge in [0.2, 0.25) is 0 Å². The van der Waals surface area contributed by atoms with Gasteiger partial charge in [-0.3, -0.25) is 0 Å². The van der Waals surface area contributed by atoms with Crippen molar-refractivity contribution in [1.29, 1.82) is 0 Å². The van der Waals surface area contributed by atoms with E-state index in [9.17, 15) is 0 Å². The Bertz CT molecular complexity index is 488. The van der Waals surface area contributed by atoms with Gasteiger partial charge in [-0.15, -0.1) is 22.7 Å². The maximum absolute atomic E-state index is 4.31. The van der Waals surface area contributed by atoms with Gasteiger partial charge in [0.05, 0.1) is 25.9 Å². The van der Waals surface area contributed by atoms with Gasteiger partial charge in [0.25, 0.3) is 0 Å². The predicted octanol–water partition coefficient (Wildman–Crippen LogP) is 2.91. The molecule has 3 rings (SSSR count). The third kappa shape index (κ3) is 0.735. The summed E-state index contributed by atoms with van der Waals surface area (Å²) in [6.07, 6.45) is 0. The number of nitrogens with zero attached hydrogens (tertiary/aromatic N) is 2. The van der Waals surface area contributed by atoms with Crippen LogP contribution in [0.5, 0.6) is 0 Å². The molecule has 0 bridgehead atoms. The number of hydrogen-bond donors (Lipinski definition) is 0. The van der Waals surface area contributed by atoms with E-state index in [1.54, 1.807) is 22.7 Å². The quantitative estimate of drug-likeness (QED) is 0.547. The molecular weight excluding hydrogens is 188 g/mol. The maximum Gasteiger partial charge on any atom is 0.101 e. The largest absolute Gasteiger partial charge is 0.245 e. The number of rotatable bonds is 0. The van der Waals surface area contributed by atoms with E-state index < -0.39 is 0 Å². The van der Waals surface area contributed by atoms with Crippen LogP contribution in [0.4, 0.5) is 0 Å². The number of aromatic nitrogens is 2. The molecule has 0 saturated carbocycles. The van der Waals surface area contributed by atoms with Crippen LogP contribution in [0.15, 0.2) is 23.2 Å². The molecule has 4 heteroatoms. The zero-order chi connectivity index (χ0) is 7.97. The highest BCUT2D eigenvalue weighted by molar-refractivity contribution is 7.20. The van der Waals surface area contributed by atoms with Gasteiger partial charge >= 0.3 is 0 Å². The molecule has 0 aliphatic rings. The Morgan fingerprint density at radius 1 is 1.00 bits per heavy atom. The molecule has 0 unspecified atom stereocenters. The van der Waals surface area contributed by atoms with Crippen LogP contribution in [0.3, 0.4) is 0 Å². The number of fused-ring (bicyclic) bond motifs is 3. The molecule has 0 saturated heterocycles. The molecule has 0 fully saturated rings. The third-order valence-corrected chi connectivity index (χ3v) is 3.44. The Hall–Kier alpha value is -1.00. The molecule has 0 aliphatic carbocycles. The van der Waals surface area contributed by atoms with E-state index in [2.05, 4.69) is 16.0 Å². The fraction of sp³-hybridized carbons (Fsp3) is 0. The van der Waals surface area contributed by atoms with Crippen molar-refractivity contribution < 1.29 is 0 Å². The van der Waals surface area contributed by atoms with Crippen molar-refractivity contribution >= 4 is 43.1 Å². The van der Waals surface area contributed by atoms with Crippen molar-refractivity contribution in [3.63, 3.8) is 0 Å². The normalized spacial score (nSPS) is 11.3. The molecule has 2 aromatic heterocycles. The summed E-state index contributed by atoms with van der Waals surface area (Å²) in [5, 5.41) is 0. The van der Waals surface area contributed by atoms with Gasteiger partial charge in [-0.05, 0) is 12.1 Å². The third-order valence-electron chi connectivity index (χ3n) is 1.80. The molecule has 0 spiro atoms. The molecule has 0 amide bonds. The van der Waals surface area contributed by atoms with Crippen molar-refractivity contribution in [1.82, 2.24) is 9.97 Å². The molecule has 0 atom stereocenters. The molecule has 0 radical (unpaired) electrons. The lowest BCUT2D eigenvalue weighted by atomic mass is 10.3. The summed E-state index contributed by atoms with van der Waals surface area (Å²) in [6.45, 7) is 0. The SMILES string of the molecule is c1nc2c(ccc3ncsc32)s1. The van der Waals surface area contributed by atoms with Gasteiger partial charge in [0.15, 0.2) is 0 Å². The second-order valence-electron chi connectivity index (χ2n) is 2.47. The van der Waals surface area contributed by atoms with E-state index in [1.807, 2.05) is 17.1 Å². The van der Waals surface area contributed by atoms with E-state index in [4.69, 9.17) is 0 Å². The first-order chi connectivity index (χ1) is 5.95. The van der Waals surface area contributed by atoms with E-state index in [0.717, 1.165) is 11.0 Å². The summed E-state index contributed by atoms with van der Waals surface area (Å²) >= 11 is 3.33. The minimum Gasteiger partial charge on any atom is -0.245 e. The molecular formula is C8H4N2S2. The van der Waals surface area contributed by atoms with Gasteiger partial charge < -0.3 is 0 Å². The van der Waals surface area contributed by atoms with Crippen LogP contribution in [0, 0.1) is 0 Å². The first-order valence-electron chi connectivity index (χ1n) is 3.50. The van der Waals surface area contributed by atoms with Crippen LogP contribution in [-0.4, -0.2) is 9.97 Å². The Morgan fingerprint density at radius 3 is 2.92 bits per heavy atom. The smallest absolute Gasteiger partial charge is 0.101 e. The summed E-state index contributed by atoms with van der Waals surface area (Å²) in [4.78, 5) is 8.54. The zero-order valence-corrected chi connectivity index (χ0v) is 7.65. The van der Waals surface area contributed by atoms with Crippen LogP contribution < -0.4 is 0 Å². The molecule has 3 aromatic rings. The van der Waals surface area contributed by atoms with Crippen LogP contribution >= 0.6 is 22.7 Å². The van der Waals surface area contributed by atoms with Gasteiger partial charge in [0, 0.05) is 0 Å². The first kappa shape index (κ1) is 6.51.